The average molecular weight is 588 g/mol. The van der Waals surface area contributed by atoms with Crippen LogP contribution in [0.5, 0.6) is 11.5 Å². The minimum Gasteiger partial charge on any atom is -0.497 e. The van der Waals surface area contributed by atoms with Crippen LogP contribution in [0.3, 0.4) is 0 Å². The standard InChI is InChI=1S/C21H28N6O2.C11H13NO2/c1-12-10-27(11-13(2)29-12)21-17(28-3)20(25-19(26-21)14-8-9-14)24-18(23)15-6-4-5-7-16(15)22;1-14-10-6-4-9(5-7-10)12-11(13)8-2-3-8/h4-7,12-14H,8-11,22H2,1-3H3,(H2,23,24,25,26);4-8H,2-3H2,1H3,(H,12,13). The molecule has 6 rings (SSSR count). The summed E-state index contributed by atoms with van der Waals surface area (Å²) in [6.07, 6.45) is 4.44. The molecule has 1 aromatic heterocycles. The number of nitrogens with zero attached hydrogens (tertiary/aromatic N) is 4. The Labute approximate surface area is 252 Å². The number of nitrogen functional groups attached to an aromatic ring is 1. The molecule has 2 saturated carbocycles. The topological polar surface area (TPSA) is 150 Å². The second-order valence-electron chi connectivity index (χ2n) is 11.3. The zero-order chi connectivity index (χ0) is 30.5. The summed E-state index contributed by atoms with van der Waals surface area (Å²) in [6, 6.07) is 14.7. The Morgan fingerprint density at radius 1 is 0.977 bits per heavy atom. The third-order valence-corrected chi connectivity index (χ3v) is 7.48. The summed E-state index contributed by atoms with van der Waals surface area (Å²) in [4.78, 5) is 27.7. The van der Waals surface area contributed by atoms with E-state index in [1.807, 2.05) is 42.5 Å². The number of nitrogens with one attached hydrogen (secondary N) is 1. The molecule has 2 aliphatic carbocycles. The summed E-state index contributed by atoms with van der Waals surface area (Å²) in [5, 5.41) is 2.86. The Hall–Kier alpha value is -4.38. The van der Waals surface area contributed by atoms with Crippen LogP contribution in [0.2, 0.25) is 0 Å². The average Bonchev–Trinajstić information content (AvgIpc) is 3.91. The maximum Gasteiger partial charge on any atom is 0.227 e. The van der Waals surface area contributed by atoms with Crippen LogP contribution in [-0.4, -0.2) is 61.2 Å². The molecule has 0 bridgehead atoms. The van der Waals surface area contributed by atoms with Gasteiger partial charge in [0, 0.05) is 41.9 Å². The molecule has 43 heavy (non-hydrogen) atoms. The largest absolute Gasteiger partial charge is 0.497 e. The van der Waals surface area contributed by atoms with Gasteiger partial charge in [-0.25, -0.2) is 15.0 Å². The first-order valence-electron chi connectivity index (χ1n) is 14.8. The fraction of sp³-hybridized carbons (Fsp3) is 0.438. The number of amidine groups is 1. The Morgan fingerprint density at radius 2 is 1.65 bits per heavy atom. The first kappa shape index (κ1) is 30.1. The molecule has 11 heteroatoms. The van der Waals surface area contributed by atoms with Crippen molar-refractivity contribution >= 4 is 34.8 Å². The third-order valence-electron chi connectivity index (χ3n) is 7.48. The van der Waals surface area contributed by atoms with E-state index in [4.69, 9.17) is 35.6 Å². The molecule has 0 spiro atoms. The zero-order valence-electron chi connectivity index (χ0n) is 25.2. The predicted octanol–water partition coefficient (Wildman–Crippen LogP) is 4.64. The van der Waals surface area contributed by atoms with Gasteiger partial charge in [0.2, 0.25) is 17.5 Å². The summed E-state index contributed by atoms with van der Waals surface area (Å²) in [5.74, 6) is 4.35. The number of aromatic nitrogens is 2. The number of ether oxygens (including phenoxy) is 3. The quantitative estimate of drug-likeness (QED) is 0.195. The highest BCUT2D eigenvalue weighted by Crippen LogP contribution is 2.43. The second-order valence-corrected chi connectivity index (χ2v) is 11.3. The number of hydrogen-bond donors (Lipinski definition) is 3. The Kier molecular flexibility index (Phi) is 9.30. The van der Waals surface area contributed by atoms with Crippen LogP contribution in [0.1, 0.15) is 56.8 Å². The normalized spacial score (nSPS) is 20.1. The molecule has 3 fully saturated rings. The van der Waals surface area contributed by atoms with Crippen LogP contribution in [0.15, 0.2) is 53.5 Å². The van der Waals surface area contributed by atoms with Gasteiger partial charge >= 0.3 is 0 Å². The number of amides is 1. The number of carbonyl (C=O) groups is 1. The monoisotopic (exact) mass is 587 g/mol. The molecule has 2 atom stereocenters. The van der Waals surface area contributed by atoms with E-state index in [1.54, 1.807) is 20.3 Å². The van der Waals surface area contributed by atoms with E-state index in [0.717, 1.165) is 61.9 Å². The third kappa shape index (κ3) is 7.72. The lowest BCUT2D eigenvalue weighted by Gasteiger charge is -2.36. The van der Waals surface area contributed by atoms with Crippen LogP contribution in [-0.2, 0) is 9.53 Å². The van der Waals surface area contributed by atoms with Gasteiger partial charge in [-0.3, -0.25) is 4.79 Å². The number of anilines is 3. The van der Waals surface area contributed by atoms with E-state index < -0.39 is 0 Å². The molecule has 5 N–H and O–H groups in total. The van der Waals surface area contributed by atoms with Crippen molar-refractivity contribution in [3.63, 3.8) is 0 Å². The molecule has 2 heterocycles. The smallest absolute Gasteiger partial charge is 0.227 e. The van der Waals surface area contributed by atoms with Gasteiger partial charge < -0.3 is 35.9 Å². The Balaban J connectivity index is 0.000000220. The molecule has 1 amide bonds. The Bertz CT molecular complexity index is 1440. The number of methoxy groups -OCH3 is 2. The van der Waals surface area contributed by atoms with Crippen molar-refractivity contribution in [2.75, 3.05) is 43.3 Å². The van der Waals surface area contributed by atoms with Crippen LogP contribution < -0.4 is 31.2 Å². The van der Waals surface area contributed by atoms with Gasteiger partial charge in [-0.1, -0.05) is 12.1 Å². The Morgan fingerprint density at radius 3 is 2.23 bits per heavy atom. The SMILES string of the molecule is COc1c(/N=C(\N)c2ccccc2N)nc(C2CC2)nc1N1CC(C)OC(C)C1.COc1ccc(NC(=O)C2CC2)cc1. The van der Waals surface area contributed by atoms with Crippen molar-refractivity contribution in [3.8, 4) is 11.5 Å². The van der Waals surface area contributed by atoms with Crippen molar-refractivity contribution in [2.24, 2.45) is 16.6 Å². The molecular formula is C32H41N7O4. The maximum absolute atomic E-state index is 11.4. The number of para-hydroxylation sites is 1. The molecule has 1 saturated heterocycles. The molecule has 3 aromatic rings. The van der Waals surface area contributed by atoms with Crippen LogP contribution >= 0.6 is 0 Å². The first-order valence-corrected chi connectivity index (χ1v) is 14.8. The number of rotatable bonds is 8. The summed E-state index contributed by atoms with van der Waals surface area (Å²) < 4.78 is 16.6. The van der Waals surface area contributed by atoms with Crippen LogP contribution in [0.25, 0.3) is 0 Å². The first-order chi connectivity index (χ1) is 20.7. The van der Waals surface area contributed by atoms with Gasteiger partial charge in [-0.05, 0) is 75.9 Å². The minimum absolute atomic E-state index is 0.101. The van der Waals surface area contributed by atoms with E-state index in [9.17, 15) is 4.79 Å². The van der Waals surface area contributed by atoms with Gasteiger partial charge in [0.1, 0.15) is 17.4 Å². The van der Waals surface area contributed by atoms with Gasteiger partial charge in [0.15, 0.2) is 5.82 Å². The van der Waals surface area contributed by atoms with Crippen molar-refractivity contribution in [1.29, 1.82) is 0 Å². The lowest BCUT2D eigenvalue weighted by atomic mass is 10.1. The summed E-state index contributed by atoms with van der Waals surface area (Å²) >= 11 is 0. The number of morpholine rings is 1. The highest BCUT2D eigenvalue weighted by molar-refractivity contribution is 6.03. The predicted molar refractivity (Wildman–Crippen MR) is 168 cm³/mol. The van der Waals surface area contributed by atoms with Crippen molar-refractivity contribution < 1.29 is 19.0 Å². The van der Waals surface area contributed by atoms with Gasteiger partial charge in [0.25, 0.3) is 0 Å². The second kappa shape index (κ2) is 13.3. The fourth-order valence-electron chi connectivity index (χ4n) is 4.96. The highest BCUT2D eigenvalue weighted by Gasteiger charge is 2.33. The molecule has 2 aromatic carbocycles. The van der Waals surface area contributed by atoms with Gasteiger partial charge in [-0.2, -0.15) is 0 Å². The number of carbonyl (C=O) groups excluding carboxylic acids is 1. The van der Waals surface area contributed by atoms with E-state index in [1.165, 1.54) is 0 Å². The van der Waals surface area contributed by atoms with E-state index in [0.29, 0.717) is 34.6 Å². The summed E-state index contributed by atoms with van der Waals surface area (Å²) in [5.41, 5.74) is 14.4. The van der Waals surface area contributed by atoms with Crippen LogP contribution in [0.4, 0.5) is 23.0 Å². The zero-order valence-corrected chi connectivity index (χ0v) is 25.2. The van der Waals surface area contributed by atoms with Crippen molar-refractivity contribution in [3.05, 3.63) is 59.9 Å². The number of aliphatic imine (C=N–C) groups is 1. The molecular weight excluding hydrogens is 546 g/mol. The lowest BCUT2D eigenvalue weighted by molar-refractivity contribution is -0.117. The molecule has 11 nitrogen and oxygen atoms in total. The van der Waals surface area contributed by atoms with E-state index in [-0.39, 0.29) is 24.0 Å². The van der Waals surface area contributed by atoms with Crippen molar-refractivity contribution in [1.82, 2.24) is 9.97 Å². The number of hydrogen-bond acceptors (Lipinski definition) is 9. The minimum atomic E-state index is 0.101. The molecule has 2 unspecified atom stereocenters. The molecule has 1 aliphatic heterocycles. The molecule has 0 radical (unpaired) electrons. The fourth-order valence-corrected chi connectivity index (χ4v) is 4.96. The van der Waals surface area contributed by atoms with Crippen LogP contribution in [0, 0.1) is 5.92 Å². The number of benzene rings is 2. The summed E-state index contributed by atoms with van der Waals surface area (Å²) in [7, 11) is 3.23. The maximum atomic E-state index is 11.4. The molecule has 228 valence electrons. The lowest BCUT2D eigenvalue weighted by Crippen LogP contribution is -2.46. The number of nitrogens with two attached hydrogens (primary N) is 2. The summed E-state index contributed by atoms with van der Waals surface area (Å²) in [6.45, 7) is 5.58. The van der Waals surface area contributed by atoms with Crippen molar-refractivity contribution in [2.45, 2.75) is 57.7 Å². The van der Waals surface area contributed by atoms with Gasteiger partial charge in [0.05, 0.1) is 26.4 Å². The van der Waals surface area contributed by atoms with E-state index in [2.05, 4.69) is 29.1 Å². The van der Waals surface area contributed by atoms with E-state index >= 15 is 0 Å². The van der Waals surface area contributed by atoms with Gasteiger partial charge in [-0.15, -0.1) is 0 Å². The molecule has 3 aliphatic rings. The highest BCUT2D eigenvalue weighted by atomic mass is 16.5.